The maximum absolute atomic E-state index is 13.4. The number of rotatable bonds is 9. The van der Waals surface area contributed by atoms with Crippen molar-refractivity contribution in [2.45, 2.75) is 76.3 Å². The summed E-state index contributed by atoms with van der Waals surface area (Å²) < 4.78 is 39.2. The van der Waals surface area contributed by atoms with Crippen LogP contribution in [0.25, 0.3) is 0 Å². The minimum atomic E-state index is -3.93. The zero-order valence-electron chi connectivity index (χ0n) is 17.6. The summed E-state index contributed by atoms with van der Waals surface area (Å²) in [6, 6.07) is 4.09. The SMILES string of the molecule is Cc1ccc(S(=O)(=O)N2CCC[C@H]2C(=O)OC(C)(C)C)c(OCCCCC=O)c1. The van der Waals surface area contributed by atoms with Gasteiger partial charge in [-0.25, -0.2) is 8.42 Å². The zero-order valence-corrected chi connectivity index (χ0v) is 18.5. The minimum Gasteiger partial charge on any atom is -0.492 e. The summed E-state index contributed by atoms with van der Waals surface area (Å²) in [7, 11) is -3.93. The van der Waals surface area contributed by atoms with E-state index in [0.29, 0.717) is 38.7 Å². The van der Waals surface area contributed by atoms with Crippen molar-refractivity contribution in [3.63, 3.8) is 0 Å². The number of aryl methyl sites for hydroxylation is 1. The van der Waals surface area contributed by atoms with Gasteiger partial charge in [-0.1, -0.05) is 6.07 Å². The summed E-state index contributed by atoms with van der Waals surface area (Å²) in [5.41, 5.74) is 0.186. The Kier molecular flexibility index (Phi) is 7.82. The minimum absolute atomic E-state index is 0.0500. The largest absolute Gasteiger partial charge is 0.492 e. The molecule has 0 unspecified atom stereocenters. The molecule has 162 valence electrons. The molecule has 1 atom stereocenters. The average molecular weight is 426 g/mol. The van der Waals surface area contributed by atoms with Crippen molar-refractivity contribution < 1.29 is 27.5 Å². The van der Waals surface area contributed by atoms with Crippen molar-refractivity contribution in [1.29, 1.82) is 0 Å². The van der Waals surface area contributed by atoms with Crippen LogP contribution >= 0.6 is 0 Å². The van der Waals surface area contributed by atoms with Gasteiger partial charge in [-0.15, -0.1) is 0 Å². The lowest BCUT2D eigenvalue weighted by atomic mass is 10.2. The number of hydrogen-bond acceptors (Lipinski definition) is 6. The third-order valence-electron chi connectivity index (χ3n) is 4.54. The van der Waals surface area contributed by atoms with Crippen LogP contribution in [0.4, 0.5) is 0 Å². The van der Waals surface area contributed by atoms with Crippen LogP contribution in [0, 0.1) is 6.92 Å². The highest BCUT2D eigenvalue weighted by Crippen LogP contribution is 2.33. The number of esters is 1. The first-order chi connectivity index (χ1) is 13.6. The lowest BCUT2D eigenvalue weighted by Crippen LogP contribution is -2.43. The summed E-state index contributed by atoms with van der Waals surface area (Å²) in [5.74, 6) is -0.257. The van der Waals surface area contributed by atoms with Crippen LogP contribution in [0.2, 0.25) is 0 Å². The first-order valence-electron chi connectivity index (χ1n) is 9.98. The van der Waals surface area contributed by atoms with Crippen LogP contribution in [0.1, 0.15) is 58.4 Å². The van der Waals surface area contributed by atoms with Crippen LogP contribution in [0.5, 0.6) is 5.75 Å². The molecule has 1 aliphatic heterocycles. The molecule has 0 spiro atoms. The molecule has 1 heterocycles. The van der Waals surface area contributed by atoms with Gasteiger partial charge >= 0.3 is 5.97 Å². The molecule has 2 rings (SSSR count). The summed E-state index contributed by atoms with van der Waals surface area (Å²) >= 11 is 0. The Morgan fingerprint density at radius 2 is 2.00 bits per heavy atom. The van der Waals surface area contributed by atoms with Crippen LogP contribution < -0.4 is 4.74 Å². The van der Waals surface area contributed by atoms with Gasteiger partial charge < -0.3 is 14.3 Å². The standard InChI is InChI=1S/C21H31NO6S/c1-16-10-11-19(18(15-16)27-14-7-5-6-13-23)29(25,26)22-12-8-9-17(22)20(24)28-21(2,3)4/h10-11,13,15,17H,5-9,12,14H2,1-4H3/t17-/m0/s1. The number of nitrogens with zero attached hydrogens (tertiary/aromatic N) is 1. The summed E-state index contributed by atoms with van der Waals surface area (Å²) in [6.45, 7) is 7.71. The molecule has 1 aromatic rings. The van der Waals surface area contributed by atoms with E-state index in [-0.39, 0.29) is 17.2 Å². The molecule has 1 aromatic carbocycles. The van der Waals surface area contributed by atoms with Crippen molar-refractivity contribution in [1.82, 2.24) is 4.31 Å². The van der Waals surface area contributed by atoms with E-state index in [4.69, 9.17) is 9.47 Å². The van der Waals surface area contributed by atoms with Crippen molar-refractivity contribution in [3.05, 3.63) is 23.8 Å². The average Bonchev–Trinajstić information content (AvgIpc) is 3.11. The van der Waals surface area contributed by atoms with Gasteiger partial charge in [-0.2, -0.15) is 4.31 Å². The molecular weight excluding hydrogens is 394 g/mol. The van der Waals surface area contributed by atoms with Gasteiger partial charge in [0.05, 0.1) is 6.61 Å². The molecule has 1 saturated heterocycles. The Hall–Kier alpha value is -1.93. The van der Waals surface area contributed by atoms with Gasteiger partial charge in [0.15, 0.2) is 0 Å². The lowest BCUT2D eigenvalue weighted by Gasteiger charge is -2.27. The first kappa shape index (κ1) is 23.3. The van der Waals surface area contributed by atoms with Crippen molar-refractivity contribution in [2.24, 2.45) is 0 Å². The molecule has 1 aliphatic rings. The molecule has 0 aromatic heterocycles. The normalized spacial score (nSPS) is 17.9. The number of sulfonamides is 1. The third-order valence-corrected chi connectivity index (χ3v) is 6.49. The van der Waals surface area contributed by atoms with Gasteiger partial charge in [0.1, 0.15) is 28.6 Å². The molecule has 0 amide bonds. The summed E-state index contributed by atoms with van der Waals surface area (Å²) in [5, 5.41) is 0. The smallest absolute Gasteiger partial charge is 0.324 e. The van der Waals surface area contributed by atoms with E-state index >= 15 is 0 Å². The third kappa shape index (κ3) is 6.27. The number of ether oxygens (including phenoxy) is 2. The molecule has 8 heteroatoms. The fourth-order valence-electron chi connectivity index (χ4n) is 3.21. The number of unbranched alkanes of at least 4 members (excludes halogenated alkanes) is 2. The topological polar surface area (TPSA) is 90.0 Å². The number of carbonyl (C=O) groups is 2. The van der Waals surface area contributed by atoms with Gasteiger partial charge in [0.25, 0.3) is 0 Å². The van der Waals surface area contributed by atoms with Gasteiger partial charge in [0.2, 0.25) is 10.0 Å². The predicted octanol–water partition coefficient (Wildman–Crippen LogP) is 3.24. The highest BCUT2D eigenvalue weighted by Gasteiger charge is 2.42. The molecule has 7 nitrogen and oxygen atoms in total. The Morgan fingerprint density at radius 3 is 2.66 bits per heavy atom. The van der Waals surface area contributed by atoms with Crippen molar-refractivity contribution in [2.75, 3.05) is 13.2 Å². The quantitative estimate of drug-likeness (QED) is 0.343. The Labute approximate surface area is 173 Å². The maximum Gasteiger partial charge on any atom is 0.324 e. The fraction of sp³-hybridized carbons (Fsp3) is 0.619. The van der Waals surface area contributed by atoms with E-state index in [1.54, 1.807) is 32.9 Å². The van der Waals surface area contributed by atoms with Crippen LogP contribution in [0.15, 0.2) is 23.1 Å². The van der Waals surface area contributed by atoms with Crippen molar-refractivity contribution >= 4 is 22.3 Å². The predicted molar refractivity (Wildman–Crippen MR) is 109 cm³/mol. The molecule has 1 fully saturated rings. The van der Waals surface area contributed by atoms with E-state index in [1.807, 2.05) is 6.92 Å². The molecule has 29 heavy (non-hydrogen) atoms. The van der Waals surface area contributed by atoms with Gasteiger partial charge in [-0.05, 0) is 71.1 Å². The van der Waals surface area contributed by atoms with E-state index in [1.165, 1.54) is 10.4 Å². The number of benzene rings is 1. The highest BCUT2D eigenvalue weighted by atomic mass is 32.2. The second-order valence-electron chi connectivity index (χ2n) is 8.27. The Bertz CT molecular complexity index is 828. The van der Waals surface area contributed by atoms with E-state index in [0.717, 1.165) is 11.8 Å². The molecule has 0 radical (unpaired) electrons. The molecule has 0 bridgehead atoms. The highest BCUT2D eigenvalue weighted by molar-refractivity contribution is 7.89. The van der Waals surface area contributed by atoms with Crippen LogP contribution in [-0.2, 0) is 24.3 Å². The molecular formula is C21H31NO6S. The molecule has 0 aliphatic carbocycles. The van der Waals surface area contributed by atoms with E-state index in [2.05, 4.69) is 0 Å². The van der Waals surface area contributed by atoms with Gasteiger partial charge in [-0.3, -0.25) is 4.79 Å². The number of aldehydes is 1. The van der Waals surface area contributed by atoms with Gasteiger partial charge in [0, 0.05) is 13.0 Å². The zero-order chi connectivity index (χ0) is 21.7. The summed E-state index contributed by atoms with van der Waals surface area (Å²) in [4.78, 5) is 23.0. The number of carbonyl (C=O) groups excluding carboxylic acids is 2. The monoisotopic (exact) mass is 425 g/mol. The van der Waals surface area contributed by atoms with Crippen LogP contribution in [-0.4, -0.2) is 49.8 Å². The van der Waals surface area contributed by atoms with E-state index < -0.39 is 27.6 Å². The number of hydrogen-bond donors (Lipinski definition) is 0. The Morgan fingerprint density at radius 1 is 1.28 bits per heavy atom. The van der Waals surface area contributed by atoms with Crippen LogP contribution in [0.3, 0.4) is 0 Å². The maximum atomic E-state index is 13.4. The lowest BCUT2D eigenvalue weighted by molar-refractivity contribution is -0.158. The fourth-order valence-corrected chi connectivity index (χ4v) is 4.97. The Balaban J connectivity index is 2.25. The first-order valence-corrected chi connectivity index (χ1v) is 11.4. The second kappa shape index (κ2) is 9.71. The van der Waals surface area contributed by atoms with E-state index in [9.17, 15) is 18.0 Å². The summed E-state index contributed by atoms with van der Waals surface area (Å²) in [6.07, 6.45) is 3.67. The van der Waals surface area contributed by atoms with Crippen molar-refractivity contribution in [3.8, 4) is 5.75 Å². The second-order valence-corrected chi connectivity index (χ2v) is 10.1. The molecule has 0 saturated carbocycles. The molecule has 0 N–H and O–H groups in total.